The number of hydrogen-bond donors (Lipinski definition) is 0. The molecule has 1 radical (unpaired) electrons. The van der Waals surface area contributed by atoms with Gasteiger partial charge in [0, 0.05) is 49.4 Å². The van der Waals surface area contributed by atoms with Crippen LogP contribution in [0.5, 0.6) is 0 Å². The molecule has 2 aromatic rings. The smallest absolute Gasteiger partial charge is 0 e. The molecule has 1 heteroatoms. The molecule has 14 heavy (non-hydrogen) atoms. The Morgan fingerprint density at radius 2 is 1.07 bits per heavy atom. The van der Waals surface area contributed by atoms with Gasteiger partial charge >= 0.3 is 0 Å². The molecular weight excluding hydrogens is 308 g/mol. The zero-order valence-corrected chi connectivity index (χ0v) is 10.1. The van der Waals surface area contributed by atoms with Gasteiger partial charge in [0.2, 0.25) is 0 Å². The van der Waals surface area contributed by atoms with Crippen molar-refractivity contribution in [3.05, 3.63) is 59.7 Å². The van der Waals surface area contributed by atoms with Crippen molar-refractivity contribution in [1.82, 2.24) is 0 Å². The minimum Gasteiger partial charge on any atom is -0.0619 e. The van der Waals surface area contributed by atoms with Crippen LogP contribution in [0, 0.1) is 49.4 Å². The first kappa shape index (κ1) is 10.5. The van der Waals surface area contributed by atoms with Crippen LogP contribution in [0.25, 0.3) is 11.1 Å². The molecular formula is C13H10Eu. The molecule has 0 heterocycles. The van der Waals surface area contributed by atoms with Crippen molar-refractivity contribution < 1.29 is 49.4 Å². The quantitative estimate of drug-likeness (QED) is 0.597. The predicted molar refractivity (Wildman–Crippen MR) is 54.7 cm³/mol. The molecule has 0 aromatic heterocycles. The molecule has 3 rings (SSSR count). The van der Waals surface area contributed by atoms with Gasteiger partial charge in [-0.2, -0.15) is 0 Å². The number of rotatable bonds is 0. The van der Waals surface area contributed by atoms with Crippen LogP contribution in [-0.2, 0) is 6.42 Å². The maximum absolute atomic E-state index is 2.22. The summed E-state index contributed by atoms with van der Waals surface area (Å²) in [5, 5.41) is 0. The molecule has 69 valence electrons. The molecule has 0 nitrogen and oxygen atoms in total. The first-order chi connectivity index (χ1) is 6.45. The van der Waals surface area contributed by atoms with Crippen molar-refractivity contribution in [2.45, 2.75) is 6.42 Å². The van der Waals surface area contributed by atoms with Crippen LogP contribution < -0.4 is 0 Å². The van der Waals surface area contributed by atoms with E-state index < -0.39 is 0 Å². The first-order valence-electron chi connectivity index (χ1n) is 4.61. The van der Waals surface area contributed by atoms with E-state index in [9.17, 15) is 0 Å². The van der Waals surface area contributed by atoms with Gasteiger partial charge in [0.1, 0.15) is 0 Å². The third-order valence-corrected chi connectivity index (χ3v) is 2.71. The maximum atomic E-state index is 2.22. The van der Waals surface area contributed by atoms with E-state index in [0.29, 0.717) is 0 Å². The SMILES string of the molecule is [Eu].c1ccc2c(c1)Cc1ccccc1-2. The summed E-state index contributed by atoms with van der Waals surface area (Å²) in [6.45, 7) is 0. The van der Waals surface area contributed by atoms with Crippen LogP contribution in [0.15, 0.2) is 48.5 Å². The fourth-order valence-electron chi connectivity index (χ4n) is 2.08. The zero-order chi connectivity index (χ0) is 8.67. The Bertz CT molecular complexity index is 417. The van der Waals surface area contributed by atoms with Crippen LogP contribution in [0.4, 0.5) is 0 Å². The molecule has 1 aliphatic carbocycles. The minimum atomic E-state index is 0. The van der Waals surface area contributed by atoms with E-state index in [-0.39, 0.29) is 49.4 Å². The Hall–Kier alpha value is 0.0244. The van der Waals surface area contributed by atoms with Gasteiger partial charge < -0.3 is 0 Å². The third-order valence-electron chi connectivity index (χ3n) is 2.71. The fraction of sp³-hybridized carbons (Fsp3) is 0.0769. The molecule has 2 aromatic carbocycles. The Balaban J connectivity index is 0.000000750. The predicted octanol–water partition coefficient (Wildman–Crippen LogP) is 3.26. The van der Waals surface area contributed by atoms with Crippen LogP contribution in [0.3, 0.4) is 0 Å². The second-order valence-electron chi connectivity index (χ2n) is 3.49. The summed E-state index contributed by atoms with van der Waals surface area (Å²) in [5.74, 6) is 0. The summed E-state index contributed by atoms with van der Waals surface area (Å²) in [7, 11) is 0. The van der Waals surface area contributed by atoms with Crippen LogP contribution in [0.1, 0.15) is 11.1 Å². The number of fused-ring (bicyclic) bond motifs is 3. The van der Waals surface area contributed by atoms with Crippen LogP contribution in [-0.4, -0.2) is 0 Å². The van der Waals surface area contributed by atoms with Crippen molar-refractivity contribution in [2.75, 3.05) is 0 Å². The van der Waals surface area contributed by atoms with Crippen molar-refractivity contribution in [3.63, 3.8) is 0 Å². The monoisotopic (exact) mass is 319 g/mol. The van der Waals surface area contributed by atoms with Gasteiger partial charge in [0.25, 0.3) is 0 Å². The largest absolute Gasteiger partial charge is 0.0619 e. The molecule has 0 bridgehead atoms. The summed E-state index contributed by atoms with van der Waals surface area (Å²) >= 11 is 0. The van der Waals surface area contributed by atoms with Gasteiger partial charge in [0.05, 0.1) is 0 Å². The van der Waals surface area contributed by atoms with Gasteiger partial charge in [-0.1, -0.05) is 48.5 Å². The van der Waals surface area contributed by atoms with Gasteiger partial charge in [-0.25, -0.2) is 0 Å². The van der Waals surface area contributed by atoms with E-state index in [1.165, 1.54) is 22.3 Å². The summed E-state index contributed by atoms with van der Waals surface area (Å²) in [6.07, 6.45) is 1.10. The van der Waals surface area contributed by atoms with Crippen molar-refractivity contribution in [3.8, 4) is 11.1 Å². The Kier molecular flexibility index (Phi) is 3.21. The van der Waals surface area contributed by atoms with E-state index in [4.69, 9.17) is 0 Å². The normalized spacial score (nSPS) is 11.4. The molecule has 0 atom stereocenters. The molecule has 0 unspecified atom stereocenters. The average Bonchev–Trinajstić information content (AvgIpc) is 2.56. The topological polar surface area (TPSA) is 0 Å². The third kappa shape index (κ3) is 1.62. The fourth-order valence-corrected chi connectivity index (χ4v) is 2.08. The molecule has 1 aliphatic rings. The van der Waals surface area contributed by atoms with E-state index in [1.54, 1.807) is 0 Å². The molecule has 0 fully saturated rings. The van der Waals surface area contributed by atoms with Gasteiger partial charge in [-0.05, 0) is 28.7 Å². The average molecular weight is 318 g/mol. The standard InChI is InChI=1S/C13H10.Eu/c1-3-7-12-10(5-1)9-11-6-2-4-8-13(11)12;/h1-8H,9H2;. The second-order valence-corrected chi connectivity index (χ2v) is 3.49. The minimum absolute atomic E-state index is 0. The van der Waals surface area contributed by atoms with Gasteiger partial charge in [0.15, 0.2) is 0 Å². The molecule has 0 spiro atoms. The summed E-state index contributed by atoms with van der Waals surface area (Å²) in [6, 6.07) is 17.3. The van der Waals surface area contributed by atoms with Crippen LogP contribution >= 0.6 is 0 Å². The van der Waals surface area contributed by atoms with E-state index >= 15 is 0 Å². The zero-order valence-electron chi connectivity index (χ0n) is 7.70. The van der Waals surface area contributed by atoms with Gasteiger partial charge in [-0.15, -0.1) is 0 Å². The van der Waals surface area contributed by atoms with E-state index in [0.717, 1.165) is 6.42 Å². The molecule has 0 amide bonds. The number of hydrogen-bond acceptors (Lipinski definition) is 0. The van der Waals surface area contributed by atoms with Crippen molar-refractivity contribution in [1.29, 1.82) is 0 Å². The maximum Gasteiger partial charge on any atom is 0 e. The summed E-state index contributed by atoms with van der Waals surface area (Å²) in [4.78, 5) is 0. The van der Waals surface area contributed by atoms with Gasteiger partial charge in [-0.3, -0.25) is 0 Å². The van der Waals surface area contributed by atoms with E-state index in [1.807, 2.05) is 0 Å². The number of benzene rings is 2. The Morgan fingerprint density at radius 1 is 0.643 bits per heavy atom. The second kappa shape index (κ2) is 4.26. The van der Waals surface area contributed by atoms with Crippen LogP contribution in [0.2, 0.25) is 0 Å². The Labute approximate surface area is 125 Å². The molecule has 0 N–H and O–H groups in total. The molecule has 0 saturated heterocycles. The van der Waals surface area contributed by atoms with E-state index in [2.05, 4.69) is 48.5 Å². The van der Waals surface area contributed by atoms with Crippen molar-refractivity contribution >= 4 is 0 Å². The van der Waals surface area contributed by atoms with Crippen molar-refractivity contribution in [2.24, 2.45) is 0 Å². The summed E-state index contributed by atoms with van der Waals surface area (Å²) < 4.78 is 0. The molecule has 0 saturated carbocycles. The molecule has 0 aliphatic heterocycles. The Morgan fingerprint density at radius 3 is 1.57 bits per heavy atom. The summed E-state index contributed by atoms with van der Waals surface area (Å²) in [5.41, 5.74) is 5.75. The first-order valence-corrected chi connectivity index (χ1v) is 4.61.